The second-order valence-electron chi connectivity index (χ2n) is 9.25. The molecule has 0 unspecified atom stereocenters. The molecule has 0 atom stereocenters. The topological polar surface area (TPSA) is 213 Å². The van der Waals surface area contributed by atoms with Gasteiger partial charge in [-0.3, -0.25) is 0 Å². The van der Waals surface area contributed by atoms with Crippen LogP contribution in [-0.2, 0) is 20.2 Å². The molecular weight excluding hydrogens is 711 g/mol. The Bertz CT molecular complexity index is 2010. The maximum atomic E-state index is 11.0. The summed E-state index contributed by atoms with van der Waals surface area (Å²) < 4.78 is 66.1. The maximum absolute atomic E-state index is 11.0. The second kappa shape index (κ2) is 18.5. The van der Waals surface area contributed by atoms with Gasteiger partial charge in [-0.05, 0) is 121 Å². The number of hydrogen-bond acceptors (Lipinski definition) is 14. The molecule has 14 nitrogen and oxygen atoms in total. The second-order valence-corrected chi connectivity index (χ2v) is 12.0. The number of hydrogen-bond donors (Lipinski definition) is 0. The summed E-state index contributed by atoms with van der Waals surface area (Å²) in [7, 11) is -9.03. The standard InChI is InChI=1S/C30H22N8O6S2.2K/c39-45(40,41)29-17-13-27(14-18-29)37-35-25-9-5-23(6-10-25)33-31-21-1-2-22(4-3-21)32-34-24-7-11-26(12-8-24)36-38-28-15-19-30(20-16-28)46(42,43)44;;/h1-20H,(H,39,40,41)(H,42,43,44);;/q;2*+1/p-2. The molecular formula is C30H20K2N8O6S2. The molecule has 0 radical (unpaired) electrons. The van der Waals surface area contributed by atoms with Gasteiger partial charge in [0.2, 0.25) is 0 Å². The summed E-state index contributed by atoms with van der Waals surface area (Å²) in [6.45, 7) is 0. The third-order valence-electron chi connectivity index (χ3n) is 5.92. The largest absolute Gasteiger partial charge is 1.00 e. The number of azo groups is 4. The van der Waals surface area contributed by atoms with Crippen molar-refractivity contribution in [1.82, 2.24) is 0 Å². The minimum atomic E-state index is -4.52. The normalized spacial score (nSPS) is 12.0. The zero-order valence-corrected chi connectivity index (χ0v) is 33.3. The summed E-state index contributed by atoms with van der Waals surface area (Å²) >= 11 is 0. The van der Waals surface area contributed by atoms with E-state index in [1.165, 1.54) is 48.5 Å². The molecule has 5 aromatic carbocycles. The third-order valence-corrected chi connectivity index (χ3v) is 7.62. The molecule has 0 bridgehead atoms. The molecule has 0 aliphatic heterocycles. The van der Waals surface area contributed by atoms with Crippen LogP contribution in [0.3, 0.4) is 0 Å². The summed E-state index contributed by atoms with van der Waals surface area (Å²) in [6, 6.07) is 30.8. The summed E-state index contributed by atoms with van der Waals surface area (Å²) in [6.07, 6.45) is 0. The van der Waals surface area contributed by atoms with E-state index in [0.29, 0.717) is 45.5 Å². The van der Waals surface area contributed by atoms with Crippen LogP contribution in [0.4, 0.5) is 45.5 Å². The smallest absolute Gasteiger partial charge is 0.744 e. The van der Waals surface area contributed by atoms with Gasteiger partial charge < -0.3 is 9.11 Å². The van der Waals surface area contributed by atoms with E-state index < -0.39 is 20.2 Å². The van der Waals surface area contributed by atoms with E-state index in [9.17, 15) is 25.9 Å². The van der Waals surface area contributed by atoms with E-state index in [0.717, 1.165) is 0 Å². The van der Waals surface area contributed by atoms with Gasteiger partial charge in [-0.15, -0.1) is 0 Å². The van der Waals surface area contributed by atoms with Crippen molar-refractivity contribution in [3.63, 3.8) is 0 Å². The molecule has 48 heavy (non-hydrogen) atoms. The molecule has 230 valence electrons. The maximum Gasteiger partial charge on any atom is 1.00 e. The Labute approximate surface area is 361 Å². The zero-order chi connectivity index (χ0) is 32.6. The summed E-state index contributed by atoms with van der Waals surface area (Å²) in [5.74, 6) is 0. The molecule has 5 aromatic rings. The van der Waals surface area contributed by atoms with Crippen LogP contribution >= 0.6 is 0 Å². The van der Waals surface area contributed by atoms with Crippen molar-refractivity contribution in [2.45, 2.75) is 9.79 Å². The SMILES string of the molecule is O=S(=O)([O-])c1ccc(N=Nc2ccc(N=Nc3ccc(N=Nc4ccc(N=Nc5ccc(S(=O)(=O)[O-])cc5)cc4)cc3)cc2)cc1.[K+].[K+]. The molecule has 0 N–H and O–H groups in total. The predicted molar refractivity (Wildman–Crippen MR) is 165 cm³/mol. The van der Waals surface area contributed by atoms with Crippen molar-refractivity contribution in [3.8, 4) is 0 Å². The van der Waals surface area contributed by atoms with Crippen LogP contribution in [0.1, 0.15) is 0 Å². The molecule has 0 fully saturated rings. The Kier molecular flexibility index (Phi) is 15.5. The van der Waals surface area contributed by atoms with Crippen LogP contribution in [0.25, 0.3) is 0 Å². The Balaban J connectivity index is 0.00000312. The van der Waals surface area contributed by atoms with Crippen LogP contribution in [0.5, 0.6) is 0 Å². The van der Waals surface area contributed by atoms with Crippen LogP contribution in [0.2, 0.25) is 0 Å². The van der Waals surface area contributed by atoms with Crippen molar-refractivity contribution in [2.24, 2.45) is 40.9 Å². The van der Waals surface area contributed by atoms with Gasteiger partial charge >= 0.3 is 103 Å². The Hall–Kier alpha value is -2.41. The van der Waals surface area contributed by atoms with Crippen molar-refractivity contribution >= 4 is 65.7 Å². The minimum absolute atomic E-state index is 0. The molecule has 0 spiro atoms. The van der Waals surface area contributed by atoms with Gasteiger partial charge in [0, 0.05) is 0 Å². The fourth-order valence-electron chi connectivity index (χ4n) is 3.58. The van der Waals surface area contributed by atoms with E-state index in [-0.39, 0.29) is 113 Å². The van der Waals surface area contributed by atoms with Gasteiger partial charge in [0.05, 0.1) is 55.3 Å². The summed E-state index contributed by atoms with van der Waals surface area (Å²) in [4.78, 5) is -0.671. The fourth-order valence-corrected chi connectivity index (χ4v) is 4.52. The van der Waals surface area contributed by atoms with E-state index in [4.69, 9.17) is 0 Å². The first-order chi connectivity index (χ1) is 22.0. The molecule has 0 saturated carbocycles. The summed E-state index contributed by atoms with van der Waals surface area (Å²) in [5, 5.41) is 33.1. The third kappa shape index (κ3) is 12.5. The van der Waals surface area contributed by atoms with Crippen molar-refractivity contribution in [1.29, 1.82) is 0 Å². The fraction of sp³-hybridized carbons (Fsp3) is 0. The first-order valence-corrected chi connectivity index (χ1v) is 15.9. The van der Waals surface area contributed by atoms with E-state index in [1.54, 1.807) is 72.8 Å². The molecule has 0 aliphatic carbocycles. The van der Waals surface area contributed by atoms with Crippen LogP contribution in [-0.4, -0.2) is 25.9 Å². The first-order valence-electron chi connectivity index (χ1n) is 13.1. The predicted octanol–water partition coefficient (Wildman–Crippen LogP) is 3.16. The van der Waals surface area contributed by atoms with Crippen molar-refractivity contribution < 1.29 is 129 Å². The van der Waals surface area contributed by atoms with Gasteiger partial charge in [0.15, 0.2) is 0 Å². The van der Waals surface area contributed by atoms with Gasteiger partial charge in [-0.2, -0.15) is 40.9 Å². The van der Waals surface area contributed by atoms with Gasteiger partial charge in [0.1, 0.15) is 20.2 Å². The quantitative estimate of drug-likeness (QED) is 0.119. The molecule has 0 aromatic heterocycles. The van der Waals surface area contributed by atoms with Crippen LogP contribution in [0, 0.1) is 0 Å². The van der Waals surface area contributed by atoms with Crippen LogP contribution < -0.4 is 103 Å². The molecule has 5 rings (SSSR count). The van der Waals surface area contributed by atoms with E-state index in [1.807, 2.05) is 0 Å². The molecule has 0 aliphatic rings. The van der Waals surface area contributed by atoms with Gasteiger partial charge in [-0.1, -0.05) is 0 Å². The minimum Gasteiger partial charge on any atom is -0.744 e. The van der Waals surface area contributed by atoms with E-state index in [2.05, 4.69) is 40.9 Å². The molecule has 18 heteroatoms. The van der Waals surface area contributed by atoms with Crippen molar-refractivity contribution in [3.05, 3.63) is 121 Å². The molecule has 0 saturated heterocycles. The van der Waals surface area contributed by atoms with Crippen LogP contribution in [0.15, 0.2) is 172 Å². The molecule has 0 amide bonds. The number of nitrogens with zero attached hydrogens (tertiary/aromatic N) is 8. The monoisotopic (exact) mass is 730 g/mol. The Morgan fingerprint density at radius 1 is 0.292 bits per heavy atom. The molecule has 0 heterocycles. The average Bonchev–Trinajstić information content (AvgIpc) is 3.05. The number of benzene rings is 5. The average molecular weight is 731 g/mol. The van der Waals surface area contributed by atoms with Crippen molar-refractivity contribution in [2.75, 3.05) is 0 Å². The Morgan fingerprint density at radius 3 is 0.542 bits per heavy atom. The summed E-state index contributed by atoms with van der Waals surface area (Å²) in [5.41, 5.74) is 4.24. The zero-order valence-electron chi connectivity index (χ0n) is 25.4. The van der Waals surface area contributed by atoms with E-state index >= 15 is 0 Å². The Morgan fingerprint density at radius 2 is 0.417 bits per heavy atom. The number of rotatable bonds is 10. The van der Waals surface area contributed by atoms with Gasteiger partial charge in [0.25, 0.3) is 0 Å². The first kappa shape index (κ1) is 40.0. The van der Waals surface area contributed by atoms with Gasteiger partial charge in [-0.25, -0.2) is 16.8 Å².